The third-order valence-electron chi connectivity index (χ3n) is 7.36. The molecular formula is C27H30FN3O3. The number of carbonyl (C=O) groups excluding carboxylic acids is 3. The molecule has 0 radical (unpaired) electrons. The van der Waals surface area contributed by atoms with Gasteiger partial charge in [-0.25, -0.2) is 4.39 Å². The number of nitrogens with one attached hydrogen (secondary N) is 1. The number of hydrogen-bond acceptors (Lipinski definition) is 4. The van der Waals surface area contributed by atoms with E-state index in [1.54, 1.807) is 0 Å². The van der Waals surface area contributed by atoms with Crippen molar-refractivity contribution >= 4 is 17.7 Å². The molecule has 0 aromatic heterocycles. The van der Waals surface area contributed by atoms with Crippen LogP contribution in [0.3, 0.4) is 0 Å². The molecule has 1 unspecified atom stereocenters. The first-order chi connectivity index (χ1) is 16.3. The van der Waals surface area contributed by atoms with E-state index in [2.05, 4.69) is 42.3 Å². The van der Waals surface area contributed by atoms with Crippen LogP contribution >= 0.6 is 0 Å². The monoisotopic (exact) mass is 463 g/mol. The van der Waals surface area contributed by atoms with Crippen molar-refractivity contribution in [3.8, 4) is 0 Å². The molecule has 178 valence electrons. The second-order valence-electron chi connectivity index (χ2n) is 9.98. The van der Waals surface area contributed by atoms with Gasteiger partial charge in [-0.15, -0.1) is 0 Å². The quantitative estimate of drug-likeness (QED) is 0.704. The second kappa shape index (κ2) is 8.95. The van der Waals surface area contributed by atoms with E-state index in [4.69, 9.17) is 0 Å². The highest BCUT2D eigenvalue weighted by molar-refractivity contribution is 6.05. The summed E-state index contributed by atoms with van der Waals surface area (Å²) in [5.41, 5.74) is 5.62. The van der Waals surface area contributed by atoms with E-state index in [-0.39, 0.29) is 36.5 Å². The summed E-state index contributed by atoms with van der Waals surface area (Å²) in [5, 5.41) is 2.31. The highest BCUT2D eigenvalue weighted by Gasteiger charge is 2.40. The summed E-state index contributed by atoms with van der Waals surface area (Å²) >= 11 is 0. The van der Waals surface area contributed by atoms with Crippen LogP contribution in [0.4, 0.5) is 4.39 Å². The molecule has 2 saturated heterocycles. The highest BCUT2D eigenvalue weighted by atomic mass is 19.1. The first-order valence-electron chi connectivity index (χ1n) is 12.0. The van der Waals surface area contributed by atoms with E-state index in [0.29, 0.717) is 17.5 Å². The smallest absolute Gasteiger partial charge is 0.255 e. The Kier molecular flexibility index (Phi) is 5.98. The normalized spacial score (nSPS) is 21.7. The third kappa shape index (κ3) is 4.37. The Labute approximate surface area is 199 Å². The van der Waals surface area contributed by atoms with Crippen molar-refractivity contribution in [1.82, 2.24) is 15.1 Å². The Bertz CT molecular complexity index is 1150. The molecule has 3 heterocycles. The summed E-state index contributed by atoms with van der Waals surface area (Å²) in [6.07, 6.45) is 2.24. The largest absolute Gasteiger partial charge is 0.322 e. The third-order valence-corrected chi connectivity index (χ3v) is 7.36. The number of aryl methyl sites for hydroxylation is 2. The van der Waals surface area contributed by atoms with Crippen molar-refractivity contribution in [1.29, 1.82) is 0 Å². The number of piperidine rings is 2. The van der Waals surface area contributed by atoms with Crippen molar-refractivity contribution < 1.29 is 18.8 Å². The molecule has 3 amide bonds. The predicted octanol–water partition coefficient (Wildman–Crippen LogP) is 3.58. The number of halogens is 1. The Morgan fingerprint density at radius 2 is 1.68 bits per heavy atom. The van der Waals surface area contributed by atoms with E-state index >= 15 is 4.39 Å². The molecule has 3 aliphatic heterocycles. The van der Waals surface area contributed by atoms with Crippen molar-refractivity contribution in [2.24, 2.45) is 0 Å². The zero-order chi connectivity index (χ0) is 24.0. The van der Waals surface area contributed by atoms with Crippen LogP contribution in [0, 0.1) is 19.7 Å². The number of likely N-dealkylation sites (tertiary alicyclic amines) is 1. The number of imide groups is 1. The summed E-state index contributed by atoms with van der Waals surface area (Å²) < 4.78 is 15.1. The van der Waals surface area contributed by atoms with E-state index in [9.17, 15) is 14.4 Å². The Balaban J connectivity index is 1.27. The van der Waals surface area contributed by atoms with Crippen LogP contribution in [-0.2, 0) is 22.7 Å². The van der Waals surface area contributed by atoms with E-state index < -0.39 is 11.9 Å². The van der Waals surface area contributed by atoms with Gasteiger partial charge in [0.25, 0.3) is 5.91 Å². The van der Waals surface area contributed by atoms with Gasteiger partial charge in [0.1, 0.15) is 11.9 Å². The van der Waals surface area contributed by atoms with Gasteiger partial charge >= 0.3 is 0 Å². The molecule has 6 nitrogen and oxygen atoms in total. The van der Waals surface area contributed by atoms with E-state index in [0.717, 1.165) is 38.0 Å². The topological polar surface area (TPSA) is 69.7 Å². The van der Waals surface area contributed by atoms with Crippen LogP contribution in [-0.4, -0.2) is 46.7 Å². The van der Waals surface area contributed by atoms with Gasteiger partial charge in [-0.1, -0.05) is 35.4 Å². The van der Waals surface area contributed by atoms with Gasteiger partial charge in [0, 0.05) is 25.1 Å². The van der Waals surface area contributed by atoms with Gasteiger partial charge in [-0.05, 0) is 74.9 Å². The number of rotatable bonds is 4. The summed E-state index contributed by atoms with van der Waals surface area (Å²) in [6, 6.07) is 9.13. The maximum Gasteiger partial charge on any atom is 0.255 e. The van der Waals surface area contributed by atoms with Gasteiger partial charge in [-0.3, -0.25) is 24.6 Å². The fraction of sp³-hybridized carbons (Fsp3) is 0.444. The number of benzene rings is 2. The molecule has 2 aromatic rings. The minimum atomic E-state index is -0.683. The molecule has 1 atom stereocenters. The first kappa shape index (κ1) is 22.7. The molecular weight excluding hydrogens is 433 g/mol. The molecule has 0 bridgehead atoms. The van der Waals surface area contributed by atoms with Crippen LogP contribution in [0.25, 0.3) is 0 Å². The van der Waals surface area contributed by atoms with Gasteiger partial charge in [-0.2, -0.15) is 0 Å². The number of carbonyl (C=O) groups is 3. The lowest BCUT2D eigenvalue weighted by Crippen LogP contribution is -2.52. The molecule has 0 saturated carbocycles. The molecule has 7 heteroatoms. The molecule has 0 aliphatic carbocycles. The van der Waals surface area contributed by atoms with Gasteiger partial charge in [0.15, 0.2) is 0 Å². The number of hydrogen-bond donors (Lipinski definition) is 1. The molecule has 3 aliphatic rings. The van der Waals surface area contributed by atoms with Crippen LogP contribution in [0.2, 0.25) is 0 Å². The first-order valence-corrected chi connectivity index (χ1v) is 12.0. The number of amides is 3. The second-order valence-corrected chi connectivity index (χ2v) is 9.98. The fourth-order valence-corrected chi connectivity index (χ4v) is 5.74. The number of fused-ring (bicyclic) bond motifs is 1. The average Bonchev–Trinajstić information content (AvgIpc) is 3.08. The zero-order valence-electron chi connectivity index (χ0n) is 19.7. The van der Waals surface area contributed by atoms with E-state index in [1.807, 2.05) is 6.07 Å². The molecule has 34 heavy (non-hydrogen) atoms. The Morgan fingerprint density at radius 1 is 0.971 bits per heavy atom. The van der Waals surface area contributed by atoms with Crippen molar-refractivity contribution in [3.63, 3.8) is 0 Å². The van der Waals surface area contributed by atoms with Crippen molar-refractivity contribution in [3.05, 3.63) is 69.5 Å². The van der Waals surface area contributed by atoms with Crippen LogP contribution < -0.4 is 5.32 Å². The molecule has 0 spiro atoms. The van der Waals surface area contributed by atoms with Crippen LogP contribution in [0.15, 0.2) is 30.3 Å². The lowest BCUT2D eigenvalue weighted by molar-refractivity contribution is -0.136. The van der Waals surface area contributed by atoms with Gasteiger partial charge in [0.2, 0.25) is 11.8 Å². The maximum absolute atomic E-state index is 15.1. The summed E-state index contributed by atoms with van der Waals surface area (Å²) in [4.78, 5) is 40.5. The maximum atomic E-state index is 15.1. The zero-order valence-corrected chi connectivity index (χ0v) is 19.7. The highest BCUT2D eigenvalue weighted by Crippen LogP contribution is 2.35. The molecule has 1 N–H and O–H groups in total. The fourth-order valence-electron chi connectivity index (χ4n) is 5.74. The average molecular weight is 464 g/mol. The minimum absolute atomic E-state index is 0.112. The number of nitrogens with zero attached hydrogens (tertiary/aromatic N) is 2. The van der Waals surface area contributed by atoms with Gasteiger partial charge in [0.05, 0.1) is 0 Å². The van der Waals surface area contributed by atoms with Crippen LogP contribution in [0.5, 0.6) is 0 Å². The Morgan fingerprint density at radius 3 is 2.35 bits per heavy atom. The summed E-state index contributed by atoms with van der Waals surface area (Å²) in [7, 11) is 0. The molecule has 2 fully saturated rings. The van der Waals surface area contributed by atoms with Gasteiger partial charge < -0.3 is 4.90 Å². The Hall–Kier alpha value is -3.06. The van der Waals surface area contributed by atoms with E-state index in [1.165, 1.54) is 27.7 Å². The lowest BCUT2D eigenvalue weighted by atomic mass is 9.87. The van der Waals surface area contributed by atoms with Crippen molar-refractivity contribution in [2.75, 3.05) is 13.1 Å². The lowest BCUT2D eigenvalue weighted by Gasteiger charge is -2.32. The molecule has 2 aromatic carbocycles. The predicted molar refractivity (Wildman–Crippen MR) is 126 cm³/mol. The summed E-state index contributed by atoms with van der Waals surface area (Å²) in [6.45, 7) is 7.21. The standard InChI is InChI=1S/C27H30FN3O3/c1-16-9-17(2)11-18(10-16)14-30-7-5-19(6-8-30)21-12-20-15-31(27(34)22(20)13-23(21)28)24-3-4-25(32)29-26(24)33/h9-13,19,24H,3-8,14-15H2,1-2H3,(H,29,32,33). The van der Waals surface area contributed by atoms with Crippen LogP contribution in [0.1, 0.15) is 69.8 Å². The SMILES string of the molecule is Cc1cc(C)cc(CN2CCC(c3cc4c(cc3F)C(=O)N(C3CCC(=O)NC3=O)C4)CC2)c1. The minimum Gasteiger partial charge on any atom is -0.322 e. The van der Waals surface area contributed by atoms with Crippen molar-refractivity contribution in [2.45, 2.75) is 64.6 Å². The molecule has 5 rings (SSSR count). The summed E-state index contributed by atoms with van der Waals surface area (Å²) in [5.74, 6) is -1.33.